The van der Waals surface area contributed by atoms with Crippen molar-refractivity contribution < 1.29 is 0 Å². The third-order valence-electron chi connectivity index (χ3n) is 4.60. The van der Waals surface area contributed by atoms with Gasteiger partial charge in [0.15, 0.2) is 5.16 Å². The highest BCUT2D eigenvalue weighted by Crippen LogP contribution is 2.27. The molecule has 0 amide bonds. The molecule has 0 saturated carbocycles. The molecule has 0 aliphatic rings. The van der Waals surface area contributed by atoms with Crippen LogP contribution in [0.15, 0.2) is 96.2 Å². The summed E-state index contributed by atoms with van der Waals surface area (Å²) in [5.74, 6) is 2.34. The summed E-state index contributed by atoms with van der Waals surface area (Å²) in [6.07, 6.45) is 0. The molecule has 30 heavy (non-hydrogen) atoms. The molecule has 5 nitrogen and oxygen atoms in total. The highest BCUT2D eigenvalue weighted by atomic mass is 32.2. The number of H-pyrrole nitrogens is 1. The van der Waals surface area contributed by atoms with Crippen LogP contribution in [0.4, 0.5) is 11.5 Å². The first-order valence-corrected chi connectivity index (χ1v) is 10.6. The maximum atomic E-state index is 4.78. The van der Waals surface area contributed by atoms with E-state index in [0.717, 1.165) is 39.6 Å². The van der Waals surface area contributed by atoms with E-state index in [1.807, 2.05) is 78.9 Å². The van der Waals surface area contributed by atoms with Crippen molar-refractivity contribution in [1.82, 2.24) is 19.9 Å². The number of nitrogens with one attached hydrogen (secondary N) is 2. The second-order valence-corrected chi connectivity index (χ2v) is 7.71. The minimum atomic E-state index is 0.664. The van der Waals surface area contributed by atoms with Crippen molar-refractivity contribution in [1.29, 1.82) is 0 Å². The minimum Gasteiger partial charge on any atom is -0.341 e. The van der Waals surface area contributed by atoms with Crippen molar-refractivity contribution in [3.63, 3.8) is 0 Å². The van der Waals surface area contributed by atoms with Crippen LogP contribution in [0.3, 0.4) is 0 Å². The number of anilines is 2. The van der Waals surface area contributed by atoms with Crippen LogP contribution < -0.4 is 5.32 Å². The van der Waals surface area contributed by atoms with Gasteiger partial charge in [-0.1, -0.05) is 72.4 Å². The molecule has 0 aliphatic carbocycles. The van der Waals surface area contributed by atoms with Crippen LogP contribution >= 0.6 is 11.8 Å². The summed E-state index contributed by atoms with van der Waals surface area (Å²) < 4.78 is 0. The topological polar surface area (TPSA) is 66.5 Å². The molecular formula is C24H19N5S. The second kappa shape index (κ2) is 8.39. The van der Waals surface area contributed by atoms with E-state index < -0.39 is 0 Å². The van der Waals surface area contributed by atoms with Crippen LogP contribution in [0.25, 0.3) is 22.3 Å². The molecule has 0 bridgehead atoms. The normalized spacial score (nSPS) is 10.9. The molecule has 146 valence electrons. The van der Waals surface area contributed by atoms with E-state index in [1.54, 1.807) is 11.8 Å². The van der Waals surface area contributed by atoms with Gasteiger partial charge in [0, 0.05) is 17.3 Å². The van der Waals surface area contributed by atoms with E-state index in [2.05, 4.69) is 27.4 Å². The molecule has 5 rings (SSSR count). The Morgan fingerprint density at radius 1 is 0.767 bits per heavy atom. The summed E-state index contributed by atoms with van der Waals surface area (Å²) in [5.41, 5.74) is 4.94. The number of aromatic nitrogens is 4. The zero-order valence-corrected chi connectivity index (χ0v) is 16.9. The van der Waals surface area contributed by atoms with Crippen molar-refractivity contribution in [2.75, 3.05) is 5.32 Å². The minimum absolute atomic E-state index is 0.664. The first-order chi connectivity index (χ1) is 14.8. The average Bonchev–Trinajstić information content (AvgIpc) is 3.22. The Kier molecular flexibility index (Phi) is 5.14. The van der Waals surface area contributed by atoms with Crippen molar-refractivity contribution >= 4 is 34.3 Å². The largest absolute Gasteiger partial charge is 0.341 e. The summed E-state index contributed by atoms with van der Waals surface area (Å²) in [7, 11) is 0. The van der Waals surface area contributed by atoms with Gasteiger partial charge in [-0.05, 0) is 24.3 Å². The predicted molar refractivity (Wildman–Crippen MR) is 123 cm³/mol. The van der Waals surface area contributed by atoms with E-state index in [9.17, 15) is 0 Å². The van der Waals surface area contributed by atoms with Gasteiger partial charge in [0.2, 0.25) is 0 Å². The van der Waals surface area contributed by atoms with E-state index in [0.29, 0.717) is 10.9 Å². The monoisotopic (exact) mass is 409 g/mol. The van der Waals surface area contributed by atoms with Crippen molar-refractivity contribution in [2.45, 2.75) is 10.9 Å². The fourth-order valence-corrected chi connectivity index (χ4v) is 3.92. The molecule has 0 aliphatic heterocycles. The molecule has 6 heteroatoms. The number of thioether (sulfide) groups is 1. The van der Waals surface area contributed by atoms with Gasteiger partial charge in [-0.15, -0.1) is 0 Å². The first kappa shape index (κ1) is 18.4. The molecule has 0 unspecified atom stereocenters. The van der Waals surface area contributed by atoms with Gasteiger partial charge in [0.1, 0.15) is 11.6 Å². The number of benzene rings is 3. The third-order valence-corrected chi connectivity index (χ3v) is 5.46. The molecule has 2 heterocycles. The van der Waals surface area contributed by atoms with Crippen LogP contribution in [0.5, 0.6) is 0 Å². The van der Waals surface area contributed by atoms with Crippen molar-refractivity contribution in [3.05, 3.63) is 96.8 Å². The number of hydrogen-bond donors (Lipinski definition) is 2. The van der Waals surface area contributed by atoms with Gasteiger partial charge in [-0.25, -0.2) is 15.0 Å². The highest BCUT2D eigenvalue weighted by molar-refractivity contribution is 7.98. The molecule has 5 aromatic rings. The smallest absolute Gasteiger partial charge is 0.190 e. The zero-order chi connectivity index (χ0) is 20.2. The van der Waals surface area contributed by atoms with E-state index in [-0.39, 0.29) is 0 Å². The maximum Gasteiger partial charge on any atom is 0.190 e. The van der Waals surface area contributed by atoms with Crippen LogP contribution in [0.2, 0.25) is 0 Å². The van der Waals surface area contributed by atoms with E-state index in [4.69, 9.17) is 9.97 Å². The lowest BCUT2D eigenvalue weighted by Gasteiger charge is -2.10. The Labute approximate surface area is 178 Å². The zero-order valence-electron chi connectivity index (χ0n) is 16.1. The van der Waals surface area contributed by atoms with Crippen LogP contribution in [0.1, 0.15) is 5.82 Å². The maximum absolute atomic E-state index is 4.78. The molecule has 0 saturated heterocycles. The number of fused-ring (bicyclic) bond motifs is 1. The first-order valence-electron chi connectivity index (χ1n) is 9.66. The number of imidazole rings is 1. The number of para-hydroxylation sites is 3. The summed E-state index contributed by atoms with van der Waals surface area (Å²) in [4.78, 5) is 17.5. The fourth-order valence-electron chi connectivity index (χ4n) is 3.19. The Morgan fingerprint density at radius 3 is 2.30 bits per heavy atom. The van der Waals surface area contributed by atoms with Gasteiger partial charge in [-0.3, -0.25) is 0 Å². The lowest BCUT2D eigenvalue weighted by atomic mass is 10.1. The number of hydrogen-bond acceptors (Lipinski definition) is 5. The molecule has 3 aromatic carbocycles. The van der Waals surface area contributed by atoms with Gasteiger partial charge >= 0.3 is 0 Å². The van der Waals surface area contributed by atoms with Gasteiger partial charge < -0.3 is 10.3 Å². The number of nitrogens with zero attached hydrogens (tertiary/aromatic N) is 3. The SMILES string of the molecule is c1ccc(Nc2cc(-c3ccccc3)nc(SCc3nc4ccccc4[nH]3)n2)cc1. The summed E-state index contributed by atoms with van der Waals surface area (Å²) in [5, 5.41) is 4.09. The summed E-state index contributed by atoms with van der Waals surface area (Å²) in [6.45, 7) is 0. The number of rotatable bonds is 6. The molecule has 2 aromatic heterocycles. The average molecular weight is 410 g/mol. The van der Waals surface area contributed by atoms with Crippen LogP contribution in [-0.2, 0) is 5.75 Å². The van der Waals surface area contributed by atoms with E-state index >= 15 is 0 Å². The molecule has 0 spiro atoms. The lowest BCUT2D eigenvalue weighted by molar-refractivity contribution is 0.973. The van der Waals surface area contributed by atoms with Crippen LogP contribution in [0, 0.1) is 0 Å². The number of aromatic amines is 1. The lowest BCUT2D eigenvalue weighted by Crippen LogP contribution is -1.99. The third kappa shape index (κ3) is 4.18. The van der Waals surface area contributed by atoms with Gasteiger partial charge in [0.05, 0.1) is 22.5 Å². The highest BCUT2D eigenvalue weighted by Gasteiger charge is 2.10. The van der Waals surface area contributed by atoms with Crippen molar-refractivity contribution in [3.8, 4) is 11.3 Å². The van der Waals surface area contributed by atoms with E-state index in [1.165, 1.54) is 0 Å². The fraction of sp³-hybridized carbons (Fsp3) is 0.0417. The van der Waals surface area contributed by atoms with Crippen LogP contribution in [-0.4, -0.2) is 19.9 Å². The molecule has 2 N–H and O–H groups in total. The molecule has 0 atom stereocenters. The predicted octanol–water partition coefficient (Wildman–Crippen LogP) is 6.06. The van der Waals surface area contributed by atoms with Gasteiger partial charge in [-0.2, -0.15) is 0 Å². The quantitative estimate of drug-likeness (QED) is 0.264. The second-order valence-electron chi connectivity index (χ2n) is 6.77. The Hall–Kier alpha value is -3.64. The van der Waals surface area contributed by atoms with Gasteiger partial charge in [0.25, 0.3) is 0 Å². The van der Waals surface area contributed by atoms with Crippen molar-refractivity contribution in [2.24, 2.45) is 0 Å². The molecule has 0 fully saturated rings. The summed E-state index contributed by atoms with van der Waals surface area (Å²) >= 11 is 1.57. The standard InChI is InChI=1S/C24H19N5S/c1-3-9-17(10-4-1)21-15-22(25-18-11-5-2-6-12-18)29-24(28-21)30-16-23-26-19-13-7-8-14-20(19)27-23/h1-15H,16H2,(H,26,27)(H,25,28,29). The molecular weight excluding hydrogens is 390 g/mol. The Balaban J connectivity index is 1.44. The summed E-state index contributed by atoms with van der Waals surface area (Å²) in [6, 6.07) is 30.2. The molecule has 0 radical (unpaired) electrons. The Morgan fingerprint density at radius 2 is 1.50 bits per heavy atom. The Bertz CT molecular complexity index is 1240.